The Morgan fingerprint density at radius 3 is 2.67 bits per heavy atom. The number of aromatic hydroxyl groups is 1. The zero-order chi connectivity index (χ0) is 10.8. The summed E-state index contributed by atoms with van der Waals surface area (Å²) in [5.41, 5.74) is 7.27. The second kappa shape index (κ2) is 3.98. The van der Waals surface area contributed by atoms with Crippen molar-refractivity contribution in [2.24, 2.45) is 0 Å². The zero-order valence-electron chi connectivity index (χ0n) is 7.90. The average molecular weight is 268 g/mol. The van der Waals surface area contributed by atoms with E-state index in [1.54, 1.807) is 12.1 Å². The Labute approximate surface area is 95.6 Å². The van der Waals surface area contributed by atoms with Gasteiger partial charge in [-0.1, -0.05) is 6.07 Å². The predicted octanol–water partition coefficient (Wildman–Crippen LogP) is 2.92. The third-order valence-corrected chi connectivity index (χ3v) is 2.55. The molecule has 0 aliphatic carbocycles. The zero-order valence-corrected chi connectivity index (χ0v) is 9.49. The van der Waals surface area contributed by atoms with Crippen molar-refractivity contribution in [3.63, 3.8) is 0 Å². The smallest absolute Gasteiger partial charge is 0.169 e. The second-order valence-corrected chi connectivity index (χ2v) is 4.05. The van der Waals surface area contributed by atoms with Crippen molar-refractivity contribution in [2.45, 2.75) is 6.42 Å². The van der Waals surface area contributed by atoms with Crippen molar-refractivity contribution in [1.29, 1.82) is 0 Å². The fourth-order valence-corrected chi connectivity index (χ4v) is 1.72. The summed E-state index contributed by atoms with van der Waals surface area (Å²) in [6.45, 7) is 0. The number of nitrogen functional groups attached to an aromatic ring is 1. The van der Waals surface area contributed by atoms with Gasteiger partial charge in [-0.25, -0.2) is 0 Å². The summed E-state index contributed by atoms with van der Waals surface area (Å²) in [7, 11) is 0. The lowest BCUT2D eigenvalue weighted by molar-refractivity contribution is 0.475. The molecule has 0 aliphatic rings. The topological polar surface area (TPSA) is 59.4 Å². The molecule has 0 spiro atoms. The molecule has 3 N–H and O–H groups in total. The standard InChI is InChI=1S/C11H10BrNO2/c12-11-4-3-9(15-11)5-7-1-2-8(14)6-10(7)13/h1-4,6,14H,5,13H2. The van der Waals surface area contributed by atoms with Gasteiger partial charge in [0.05, 0.1) is 0 Å². The number of furan rings is 1. The van der Waals surface area contributed by atoms with Gasteiger partial charge in [-0.15, -0.1) is 0 Å². The highest BCUT2D eigenvalue weighted by molar-refractivity contribution is 9.10. The molecule has 0 unspecified atom stereocenters. The number of nitrogens with two attached hydrogens (primary N) is 1. The third-order valence-electron chi connectivity index (χ3n) is 2.12. The minimum atomic E-state index is 0.178. The Kier molecular flexibility index (Phi) is 2.68. The maximum Gasteiger partial charge on any atom is 0.169 e. The molecule has 0 fully saturated rings. The predicted molar refractivity (Wildman–Crippen MR) is 61.7 cm³/mol. The molecule has 0 atom stereocenters. The molecule has 3 nitrogen and oxygen atoms in total. The Balaban J connectivity index is 2.24. The van der Waals surface area contributed by atoms with Crippen molar-refractivity contribution >= 4 is 21.6 Å². The van der Waals surface area contributed by atoms with Gasteiger partial charge in [0.25, 0.3) is 0 Å². The first-order chi connectivity index (χ1) is 7.15. The highest BCUT2D eigenvalue weighted by Gasteiger charge is 2.05. The lowest BCUT2D eigenvalue weighted by Crippen LogP contribution is -1.94. The number of anilines is 1. The molecular weight excluding hydrogens is 258 g/mol. The molecule has 4 heteroatoms. The number of rotatable bonds is 2. The summed E-state index contributed by atoms with van der Waals surface area (Å²) in [6, 6.07) is 8.67. The second-order valence-electron chi connectivity index (χ2n) is 3.27. The molecule has 0 amide bonds. The summed E-state index contributed by atoms with van der Waals surface area (Å²) in [5, 5.41) is 9.20. The molecule has 2 rings (SSSR count). The van der Waals surface area contributed by atoms with Crippen molar-refractivity contribution in [2.75, 3.05) is 5.73 Å². The number of hydrogen-bond donors (Lipinski definition) is 2. The van der Waals surface area contributed by atoms with E-state index in [1.165, 1.54) is 6.07 Å². The van der Waals surface area contributed by atoms with Crippen LogP contribution in [0.3, 0.4) is 0 Å². The van der Waals surface area contributed by atoms with Crippen LogP contribution in [0.15, 0.2) is 39.4 Å². The fourth-order valence-electron chi connectivity index (χ4n) is 1.38. The molecule has 0 aliphatic heterocycles. The molecule has 15 heavy (non-hydrogen) atoms. The van der Waals surface area contributed by atoms with E-state index in [-0.39, 0.29) is 5.75 Å². The van der Waals surface area contributed by atoms with Crippen LogP contribution < -0.4 is 5.73 Å². The minimum absolute atomic E-state index is 0.178. The highest BCUT2D eigenvalue weighted by atomic mass is 79.9. The van der Waals surface area contributed by atoms with Crippen LogP contribution in [0.5, 0.6) is 5.75 Å². The lowest BCUT2D eigenvalue weighted by atomic mass is 10.1. The number of phenolic OH excluding ortho intramolecular Hbond substituents is 1. The SMILES string of the molecule is Nc1cc(O)ccc1Cc1ccc(Br)o1. The Hall–Kier alpha value is -1.42. The third kappa shape index (κ3) is 2.33. The van der Waals surface area contributed by atoms with E-state index in [9.17, 15) is 5.11 Å². The van der Waals surface area contributed by atoms with Gasteiger partial charge in [0.2, 0.25) is 0 Å². The molecule has 0 radical (unpaired) electrons. The van der Waals surface area contributed by atoms with Gasteiger partial charge in [0.1, 0.15) is 11.5 Å². The number of benzene rings is 1. The molecule has 0 bridgehead atoms. The molecule has 1 aromatic heterocycles. The van der Waals surface area contributed by atoms with E-state index in [1.807, 2.05) is 12.1 Å². The minimum Gasteiger partial charge on any atom is -0.508 e. The van der Waals surface area contributed by atoms with Crippen LogP contribution in [-0.2, 0) is 6.42 Å². The molecule has 0 saturated heterocycles. The van der Waals surface area contributed by atoms with E-state index in [4.69, 9.17) is 10.2 Å². The quantitative estimate of drug-likeness (QED) is 0.823. The molecule has 1 aromatic carbocycles. The number of phenols is 1. The van der Waals surface area contributed by atoms with Gasteiger partial charge < -0.3 is 15.3 Å². The largest absolute Gasteiger partial charge is 0.508 e. The van der Waals surface area contributed by atoms with Gasteiger partial charge in [0.15, 0.2) is 4.67 Å². The summed E-state index contributed by atoms with van der Waals surface area (Å²) >= 11 is 3.24. The first-order valence-electron chi connectivity index (χ1n) is 4.47. The van der Waals surface area contributed by atoms with E-state index in [0.717, 1.165) is 11.3 Å². The van der Waals surface area contributed by atoms with Crippen LogP contribution in [0.4, 0.5) is 5.69 Å². The van der Waals surface area contributed by atoms with Gasteiger partial charge in [-0.2, -0.15) is 0 Å². The van der Waals surface area contributed by atoms with E-state index in [2.05, 4.69) is 15.9 Å². The van der Waals surface area contributed by atoms with Crippen LogP contribution in [0.25, 0.3) is 0 Å². The molecular formula is C11H10BrNO2. The maximum absolute atomic E-state index is 9.20. The van der Waals surface area contributed by atoms with E-state index >= 15 is 0 Å². The number of halogens is 1. The Morgan fingerprint density at radius 2 is 2.07 bits per heavy atom. The fraction of sp³-hybridized carbons (Fsp3) is 0.0909. The average Bonchev–Trinajstić information content (AvgIpc) is 2.56. The van der Waals surface area contributed by atoms with Crippen molar-refractivity contribution in [3.05, 3.63) is 46.3 Å². The molecule has 0 saturated carbocycles. The van der Waals surface area contributed by atoms with Gasteiger partial charge in [-0.3, -0.25) is 0 Å². The van der Waals surface area contributed by atoms with Gasteiger partial charge in [-0.05, 0) is 39.7 Å². The monoisotopic (exact) mass is 267 g/mol. The van der Waals surface area contributed by atoms with Crippen LogP contribution >= 0.6 is 15.9 Å². The first-order valence-corrected chi connectivity index (χ1v) is 5.26. The lowest BCUT2D eigenvalue weighted by Gasteiger charge is -2.03. The first kappa shape index (κ1) is 10.1. The van der Waals surface area contributed by atoms with Crippen molar-refractivity contribution in [1.82, 2.24) is 0 Å². The van der Waals surface area contributed by atoms with Crippen molar-refractivity contribution < 1.29 is 9.52 Å². The van der Waals surface area contributed by atoms with E-state index in [0.29, 0.717) is 16.8 Å². The summed E-state index contributed by atoms with van der Waals surface area (Å²) in [5.74, 6) is 1.01. The van der Waals surface area contributed by atoms with E-state index < -0.39 is 0 Å². The Morgan fingerprint density at radius 1 is 1.27 bits per heavy atom. The van der Waals surface area contributed by atoms with Gasteiger partial charge >= 0.3 is 0 Å². The molecule has 1 heterocycles. The highest BCUT2D eigenvalue weighted by Crippen LogP contribution is 2.23. The summed E-state index contributed by atoms with van der Waals surface area (Å²) in [6.07, 6.45) is 0.623. The van der Waals surface area contributed by atoms with Crippen LogP contribution in [-0.4, -0.2) is 5.11 Å². The maximum atomic E-state index is 9.20. The Bertz CT molecular complexity index is 479. The molecule has 2 aromatic rings. The summed E-state index contributed by atoms with van der Waals surface area (Å²) in [4.78, 5) is 0. The van der Waals surface area contributed by atoms with Crippen LogP contribution in [0.1, 0.15) is 11.3 Å². The van der Waals surface area contributed by atoms with Crippen LogP contribution in [0, 0.1) is 0 Å². The molecule has 78 valence electrons. The van der Waals surface area contributed by atoms with Gasteiger partial charge in [0, 0.05) is 18.2 Å². The summed E-state index contributed by atoms with van der Waals surface area (Å²) < 4.78 is 6.07. The number of hydrogen-bond acceptors (Lipinski definition) is 3. The van der Waals surface area contributed by atoms with Crippen LogP contribution in [0.2, 0.25) is 0 Å². The normalized spacial score (nSPS) is 10.5. The van der Waals surface area contributed by atoms with Crippen molar-refractivity contribution in [3.8, 4) is 5.75 Å².